The maximum Gasteiger partial charge on any atom is 0.224 e. The standard InChI is InChI=1S/C16H21N2O/c19-16(18-10-4-5-11-18)12-15-14(8-9-17-15)13-6-2-1-3-7-13/h1-3,6-7,14-15H,4-5,8-12H2/t14-,15-/m1/s1. The van der Waals surface area contributed by atoms with Crippen molar-refractivity contribution in [3.05, 3.63) is 35.9 Å². The van der Waals surface area contributed by atoms with Crippen LogP contribution in [-0.4, -0.2) is 36.5 Å². The zero-order valence-corrected chi connectivity index (χ0v) is 11.3. The number of carbonyl (C=O) groups is 1. The van der Waals surface area contributed by atoms with Gasteiger partial charge in [0.2, 0.25) is 5.91 Å². The Morgan fingerprint density at radius 2 is 1.95 bits per heavy atom. The van der Waals surface area contributed by atoms with Gasteiger partial charge in [-0.3, -0.25) is 4.79 Å². The van der Waals surface area contributed by atoms with Gasteiger partial charge in [0.15, 0.2) is 0 Å². The van der Waals surface area contributed by atoms with E-state index >= 15 is 0 Å². The highest BCUT2D eigenvalue weighted by molar-refractivity contribution is 5.77. The van der Waals surface area contributed by atoms with Crippen molar-refractivity contribution < 1.29 is 4.79 Å². The molecule has 1 aromatic rings. The number of likely N-dealkylation sites (tertiary alicyclic amines) is 1. The molecule has 0 saturated carbocycles. The fourth-order valence-electron chi connectivity index (χ4n) is 3.27. The van der Waals surface area contributed by atoms with E-state index in [9.17, 15) is 4.79 Å². The summed E-state index contributed by atoms with van der Waals surface area (Å²) < 4.78 is 0. The Morgan fingerprint density at radius 1 is 1.21 bits per heavy atom. The van der Waals surface area contributed by atoms with Crippen LogP contribution in [0, 0.1) is 0 Å². The molecular formula is C16H21N2O. The minimum Gasteiger partial charge on any atom is -0.343 e. The van der Waals surface area contributed by atoms with Crippen LogP contribution in [0.15, 0.2) is 30.3 Å². The first-order chi connectivity index (χ1) is 9.34. The van der Waals surface area contributed by atoms with Gasteiger partial charge in [0.05, 0.1) is 0 Å². The van der Waals surface area contributed by atoms with Gasteiger partial charge in [-0.25, -0.2) is 5.32 Å². The normalized spacial score (nSPS) is 26.8. The molecule has 3 rings (SSSR count). The number of hydrogen-bond acceptors (Lipinski definition) is 1. The third-order valence-corrected chi connectivity index (χ3v) is 4.34. The second-order valence-electron chi connectivity index (χ2n) is 5.57. The number of amides is 1. The molecule has 2 aliphatic rings. The topological polar surface area (TPSA) is 34.4 Å². The Kier molecular flexibility index (Phi) is 3.83. The average molecular weight is 257 g/mol. The van der Waals surface area contributed by atoms with Crippen LogP contribution >= 0.6 is 0 Å². The maximum absolute atomic E-state index is 12.2. The van der Waals surface area contributed by atoms with E-state index in [2.05, 4.69) is 29.6 Å². The van der Waals surface area contributed by atoms with Crippen LogP contribution in [0.2, 0.25) is 0 Å². The number of nitrogens with zero attached hydrogens (tertiary/aromatic N) is 2. The lowest BCUT2D eigenvalue weighted by Crippen LogP contribution is -2.33. The third-order valence-electron chi connectivity index (χ3n) is 4.34. The van der Waals surface area contributed by atoms with Gasteiger partial charge in [-0.05, 0) is 24.8 Å². The predicted octanol–water partition coefficient (Wildman–Crippen LogP) is 2.16. The van der Waals surface area contributed by atoms with Crippen molar-refractivity contribution >= 4 is 5.91 Å². The third kappa shape index (κ3) is 2.81. The smallest absolute Gasteiger partial charge is 0.224 e. The van der Waals surface area contributed by atoms with Gasteiger partial charge >= 0.3 is 0 Å². The van der Waals surface area contributed by atoms with E-state index in [1.165, 1.54) is 5.56 Å². The van der Waals surface area contributed by atoms with Gasteiger partial charge in [-0.15, -0.1) is 0 Å². The second-order valence-corrected chi connectivity index (χ2v) is 5.57. The van der Waals surface area contributed by atoms with Crippen molar-refractivity contribution in [3.8, 4) is 0 Å². The van der Waals surface area contributed by atoms with Crippen LogP contribution in [0.25, 0.3) is 0 Å². The van der Waals surface area contributed by atoms with Gasteiger partial charge in [0, 0.05) is 38.0 Å². The molecule has 101 valence electrons. The first kappa shape index (κ1) is 12.7. The summed E-state index contributed by atoms with van der Waals surface area (Å²) >= 11 is 0. The van der Waals surface area contributed by atoms with Gasteiger partial charge in [0.25, 0.3) is 0 Å². The van der Waals surface area contributed by atoms with Crippen molar-refractivity contribution in [2.75, 3.05) is 19.6 Å². The van der Waals surface area contributed by atoms with E-state index in [-0.39, 0.29) is 6.04 Å². The molecule has 2 heterocycles. The highest BCUT2D eigenvalue weighted by atomic mass is 16.2. The monoisotopic (exact) mass is 257 g/mol. The van der Waals surface area contributed by atoms with Gasteiger partial charge in [-0.1, -0.05) is 30.3 Å². The Labute approximate surface area is 115 Å². The molecule has 0 aromatic heterocycles. The first-order valence-corrected chi connectivity index (χ1v) is 7.34. The van der Waals surface area contributed by atoms with Gasteiger partial charge < -0.3 is 4.90 Å². The van der Waals surface area contributed by atoms with Crippen LogP contribution in [0.4, 0.5) is 0 Å². The number of rotatable bonds is 3. The first-order valence-electron chi connectivity index (χ1n) is 7.34. The molecule has 1 amide bonds. The fraction of sp³-hybridized carbons (Fsp3) is 0.562. The van der Waals surface area contributed by atoms with Crippen molar-refractivity contribution in [1.29, 1.82) is 0 Å². The van der Waals surface area contributed by atoms with E-state index in [4.69, 9.17) is 0 Å². The molecule has 19 heavy (non-hydrogen) atoms. The predicted molar refractivity (Wildman–Crippen MR) is 75.0 cm³/mol. The molecule has 3 nitrogen and oxygen atoms in total. The summed E-state index contributed by atoms with van der Waals surface area (Å²) in [6, 6.07) is 10.7. The molecule has 0 unspecified atom stereocenters. The zero-order valence-electron chi connectivity index (χ0n) is 11.3. The van der Waals surface area contributed by atoms with Gasteiger partial charge in [-0.2, -0.15) is 0 Å². The fourth-order valence-corrected chi connectivity index (χ4v) is 3.27. The second kappa shape index (κ2) is 5.74. The molecule has 2 fully saturated rings. The van der Waals surface area contributed by atoms with E-state index in [1.54, 1.807) is 0 Å². The Bertz CT molecular complexity index is 426. The lowest BCUT2D eigenvalue weighted by atomic mass is 9.90. The summed E-state index contributed by atoms with van der Waals surface area (Å²) in [4.78, 5) is 14.3. The Hall–Kier alpha value is -1.35. The number of hydrogen-bond donors (Lipinski definition) is 0. The molecule has 0 bridgehead atoms. The van der Waals surface area contributed by atoms with Crippen LogP contribution in [0.1, 0.15) is 37.2 Å². The lowest BCUT2D eigenvalue weighted by Gasteiger charge is -2.22. The highest BCUT2D eigenvalue weighted by Crippen LogP contribution is 2.31. The summed E-state index contributed by atoms with van der Waals surface area (Å²) in [7, 11) is 0. The van der Waals surface area contributed by atoms with Crippen LogP contribution in [0.5, 0.6) is 0 Å². The van der Waals surface area contributed by atoms with Crippen LogP contribution in [-0.2, 0) is 4.79 Å². The van der Waals surface area contributed by atoms with E-state index in [0.717, 1.165) is 38.9 Å². The van der Waals surface area contributed by atoms with Gasteiger partial charge in [0.1, 0.15) is 0 Å². The van der Waals surface area contributed by atoms with Crippen molar-refractivity contribution in [3.63, 3.8) is 0 Å². The molecule has 1 radical (unpaired) electrons. The molecule has 2 atom stereocenters. The molecule has 0 N–H and O–H groups in total. The lowest BCUT2D eigenvalue weighted by molar-refractivity contribution is -0.130. The highest BCUT2D eigenvalue weighted by Gasteiger charge is 2.32. The quantitative estimate of drug-likeness (QED) is 0.817. The Morgan fingerprint density at radius 3 is 2.68 bits per heavy atom. The average Bonchev–Trinajstić information content (AvgIpc) is 3.11. The summed E-state index contributed by atoms with van der Waals surface area (Å²) in [5, 5.41) is 4.66. The zero-order chi connectivity index (χ0) is 13.1. The molecular weight excluding hydrogens is 236 g/mol. The van der Waals surface area contributed by atoms with E-state index in [1.807, 2.05) is 11.0 Å². The number of carbonyl (C=O) groups excluding carboxylic acids is 1. The summed E-state index contributed by atoms with van der Waals surface area (Å²) in [6.45, 7) is 2.79. The van der Waals surface area contributed by atoms with E-state index < -0.39 is 0 Å². The summed E-state index contributed by atoms with van der Waals surface area (Å²) in [6.07, 6.45) is 4.01. The minimum absolute atomic E-state index is 0.190. The van der Waals surface area contributed by atoms with Crippen LogP contribution < -0.4 is 5.32 Å². The number of benzene rings is 1. The van der Waals surface area contributed by atoms with Crippen molar-refractivity contribution in [1.82, 2.24) is 10.2 Å². The summed E-state index contributed by atoms with van der Waals surface area (Å²) in [5.41, 5.74) is 1.34. The molecule has 3 heteroatoms. The summed E-state index contributed by atoms with van der Waals surface area (Å²) in [5.74, 6) is 0.738. The van der Waals surface area contributed by atoms with Crippen molar-refractivity contribution in [2.45, 2.75) is 37.6 Å². The Balaban J connectivity index is 1.65. The van der Waals surface area contributed by atoms with Crippen molar-refractivity contribution in [2.24, 2.45) is 0 Å². The molecule has 2 aliphatic heterocycles. The minimum atomic E-state index is 0.190. The molecule has 1 aromatic carbocycles. The largest absolute Gasteiger partial charge is 0.343 e. The SMILES string of the molecule is O=C(C[C@H]1[N]CC[C@@H]1c1ccccc1)N1CCCC1. The van der Waals surface area contributed by atoms with E-state index in [0.29, 0.717) is 18.2 Å². The maximum atomic E-state index is 12.2. The molecule has 0 aliphatic carbocycles. The molecule has 0 spiro atoms. The van der Waals surface area contributed by atoms with Crippen LogP contribution in [0.3, 0.4) is 0 Å². The molecule has 2 saturated heterocycles.